The first-order valence-corrected chi connectivity index (χ1v) is 5.67. The van der Waals surface area contributed by atoms with Crippen molar-refractivity contribution >= 4 is 11.9 Å². The maximum atomic E-state index is 11.8. The van der Waals surface area contributed by atoms with Crippen LogP contribution in [-0.4, -0.2) is 28.9 Å². The maximum Gasteiger partial charge on any atom is 0.377 e. The number of hydrogen-bond acceptors (Lipinski definition) is 4. The van der Waals surface area contributed by atoms with Crippen LogP contribution in [0, 0.1) is 0 Å². The summed E-state index contributed by atoms with van der Waals surface area (Å²) in [7, 11) is 0. The highest BCUT2D eigenvalue weighted by Crippen LogP contribution is 2.30. The van der Waals surface area contributed by atoms with Gasteiger partial charge in [0.25, 0.3) is 0 Å². The van der Waals surface area contributed by atoms with Crippen LogP contribution in [0.25, 0.3) is 0 Å². The summed E-state index contributed by atoms with van der Waals surface area (Å²) < 4.78 is 10.3. The second-order valence-corrected chi connectivity index (χ2v) is 4.45. The first kappa shape index (κ1) is 12.6. The molecule has 0 bridgehead atoms. The number of benzene rings is 1. The van der Waals surface area contributed by atoms with Gasteiger partial charge in [-0.3, -0.25) is 0 Å². The molecule has 0 spiro atoms. The number of cyclic esters (lactones) is 1. The number of carbonyl (C=O) groups excluding carboxylic acids is 1. The Morgan fingerprint density at radius 1 is 1.44 bits per heavy atom. The molecule has 0 radical (unpaired) electrons. The van der Waals surface area contributed by atoms with E-state index in [0.717, 1.165) is 0 Å². The second kappa shape index (κ2) is 4.42. The lowest BCUT2D eigenvalue weighted by Crippen LogP contribution is -2.51. The van der Waals surface area contributed by atoms with Gasteiger partial charge in [-0.2, -0.15) is 0 Å². The highest BCUT2D eigenvalue weighted by molar-refractivity contribution is 5.95. The van der Waals surface area contributed by atoms with Crippen LogP contribution in [0.5, 0.6) is 0 Å². The summed E-state index contributed by atoms with van der Waals surface area (Å²) in [5.41, 5.74) is 1.01. The van der Waals surface area contributed by atoms with E-state index in [0.29, 0.717) is 11.1 Å². The molecule has 5 heteroatoms. The molecule has 18 heavy (non-hydrogen) atoms. The zero-order valence-corrected chi connectivity index (χ0v) is 10.2. The monoisotopic (exact) mass is 250 g/mol. The van der Waals surface area contributed by atoms with Gasteiger partial charge in [0, 0.05) is 0 Å². The summed E-state index contributed by atoms with van der Waals surface area (Å²) in [5.74, 6) is -3.88. The number of carbonyl (C=O) groups is 2. The Morgan fingerprint density at radius 2 is 2.11 bits per heavy atom. The van der Waals surface area contributed by atoms with E-state index in [1.54, 1.807) is 38.1 Å². The third kappa shape index (κ3) is 2.09. The van der Waals surface area contributed by atoms with Crippen molar-refractivity contribution in [1.82, 2.24) is 0 Å². The molecule has 1 unspecified atom stereocenters. The van der Waals surface area contributed by atoms with E-state index in [2.05, 4.69) is 0 Å². The fourth-order valence-electron chi connectivity index (χ4n) is 1.98. The van der Waals surface area contributed by atoms with Crippen molar-refractivity contribution in [3.05, 3.63) is 35.4 Å². The number of carboxylic acids is 1. The van der Waals surface area contributed by atoms with Crippen LogP contribution >= 0.6 is 0 Å². The normalized spacial score (nSPS) is 22.5. The third-order valence-electron chi connectivity index (χ3n) is 2.67. The van der Waals surface area contributed by atoms with Crippen molar-refractivity contribution in [1.29, 1.82) is 0 Å². The number of rotatable bonds is 3. The van der Waals surface area contributed by atoms with E-state index in [9.17, 15) is 14.7 Å². The minimum atomic E-state index is -1.92. The van der Waals surface area contributed by atoms with E-state index in [1.165, 1.54) is 0 Å². The third-order valence-corrected chi connectivity index (χ3v) is 2.67. The number of aliphatic carboxylic acids is 1. The number of esters is 1. The van der Waals surface area contributed by atoms with Gasteiger partial charge in [0.15, 0.2) is 0 Å². The van der Waals surface area contributed by atoms with Gasteiger partial charge in [-0.15, -0.1) is 0 Å². The van der Waals surface area contributed by atoms with E-state index in [-0.39, 0.29) is 12.5 Å². The van der Waals surface area contributed by atoms with Crippen molar-refractivity contribution in [3.63, 3.8) is 0 Å². The van der Waals surface area contributed by atoms with Gasteiger partial charge in [-0.25, -0.2) is 9.59 Å². The summed E-state index contributed by atoms with van der Waals surface area (Å²) in [6, 6.07) is 6.77. The summed E-state index contributed by atoms with van der Waals surface area (Å²) in [6.45, 7) is 3.39. The molecule has 0 aliphatic carbocycles. The number of hydrogen-bond donors (Lipinski definition) is 1. The van der Waals surface area contributed by atoms with Crippen LogP contribution in [0.2, 0.25) is 0 Å². The van der Waals surface area contributed by atoms with Gasteiger partial charge in [0.2, 0.25) is 0 Å². The Bertz CT molecular complexity index is 494. The van der Waals surface area contributed by atoms with E-state index >= 15 is 0 Å². The number of carboxylic acid groups (broad SMARTS) is 1. The minimum Gasteiger partial charge on any atom is -0.476 e. The average molecular weight is 250 g/mol. The second-order valence-electron chi connectivity index (χ2n) is 4.45. The molecule has 0 aromatic heterocycles. The van der Waals surface area contributed by atoms with Crippen LogP contribution in [0.4, 0.5) is 0 Å². The Labute approximate surface area is 104 Å². The van der Waals surface area contributed by atoms with Crippen LogP contribution in [0.3, 0.4) is 0 Å². The fourth-order valence-corrected chi connectivity index (χ4v) is 1.98. The SMILES string of the molecule is CC(C)OC1(C(=O)O)Cc2ccccc2C(=O)O1. The molecule has 0 saturated heterocycles. The molecule has 1 N–H and O–H groups in total. The van der Waals surface area contributed by atoms with Gasteiger partial charge >= 0.3 is 17.7 Å². The molecule has 1 aromatic rings. The average Bonchev–Trinajstić information content (AvgIpc) is 2.28. The summed E-state index contributed by atoms with van der Waals surface area (Å²) in [4.78, 5) is 23.2. The molecule has 0 saturated carbocycles. The molecule has 1 atom stereocenters. The molecule has 1 aliphatic rings. The topological polar surface area (TPSA) is 72.8 Å². The molecule has 1 aliphatic heterocycles. The molecule has 1 aromatic carbocycles. The van der Waals surface area contributed by atoms with E-state index in [1.807, 2.05) is 0 Å². The standard InChI is InChI=1S/C13H14O5/c1-8(2)17-13(12(15)16)7-9-5-3-4-6-10(9)11(14)18-13/h3-6,8H,7H2,1-2H3,(H,15,16). The zero-order chi connectivity index (χ0) is 13.3. The predicted molar refractivity (Wildman–Crippen MR) is 62.1 cm³/mol. The molecular formula is C13H14O5. The van der Waals surface area contributed by atoms with Crippen molar-refractivity contribution < 1.29 is 24.2 Å². The molecule has 2 rings (SSSR count). The Morgan fingerprint density at radius 3 is 2.72 bits per heavy atom. The van der Waals surface area contributed by atoms with Crippen LogP contribution in [0.15, 0.2) is 24.3 Å². The fraction of sp³-hybridized carbons (Fsp3) is 0.385. The summed E-state index contributed by atoms with van der Waals surface area (Å²) >= 11 is 0. The zero-order valence-electron chi connectivity index (χ0n) is 10.2. The first-order chi connectivity index (χ1) is 8.44. The predicted octanol–water partition coefficient (Wildman–Crippen LogP) is 1.61. The first-order valence-electron chi connectivity index (χ1n) is 5.67. The van der Waals surface area contributed by atoms with Gasteiger partial charge in [-0.1, -0.05) is 18.2 Å². The Balaban J connectivity index is 2.43. The quantitative estimate of drug-likeness (QED) is 0.825. The van der Waals surface area contributed by atoms with E-state index in [4.69, 9.17) is 9.47 Å². The van der Waals surface area contributed by atoms with Gasteiger partial charge < -0.3 is 14.6 Å². The van der Waals surface area contributed by atoms with Gasteiger partial charge in [0.05, 0.1) is 18.1 Å². The molecule has 96 valence electrons. The highest BCUT2D eigenvalue weighted by Gasteiger charge is 2.49. The lowest BCUT2D eigenvalue weighted by Gasteiger charge is -2.34. The number of fused-ring (bicyclic) bond motifs is 1. The van der Waals surface area contributed by atoms with Crippen LogP contribution in [-0.2, 0) is 20.7 Å². The van der Waals surface area contributed by atoms with Gasteiger partial charge in [0.1, 0.15) is 0 Å². The molecule has 1 heterocycles. The highest BCUT2D eigenvalue weighted by atomic mass is 16.7. The molecular weight excluding hydrogens is 236 g/mol. The lowest BCUT2D eigenvalue weighted by molar-refractivity contribution is -0.236. The summed E-state index contributed by atoms with van der Waals surface area (Å²) in [5, 5.41) is 9.28. The van der Waals surface area contributed by atoms with Gasteiger partial charge in [-0.05, 0) is 25.5 Å². The van der Waals surface area contributed by atoms with Crippen molar-refractivity contribution in [3.8, 4) is 0 Å². The van der Waals surface area contributed by atoms with Crippen molar-refractivity contribution in [2.75, 3.05) is 0 Å². The van der Waals surface area contributed by atoms with Crippen molar-refractivity contribution in [2.45, 2.75) is 32.2 Å². The molecule has 5 nitrogen and oxygen atoms in total. The lowest BCUT2D eigenvalue weighted by atomic mass is 9.96. The van der Waals surface area contributed by atoms with Crippen LogP contribution in [0.1, 0.15) is 29.8 Å². The minimum absolute atomic E-state index is 0.0163. The van der Waals surface area contributed by atoms with Crippen molar-refractivity contribution in [2.24, 2.45) is 0 Å². The summed E-state index contributed by atoms with van der Waals surface area (Å²) in [6.07, 6.45) is -0.346. The van der Waals surface area contributed by atoms with E-state index < -0.39 is 17.7 Å². The Hall–Kier alpha value is -1.88. The molecule has 0 amide bonds. The smallest absolute Gasteiger partial charge is 0.377 e. The largest absolute Gasteiger partial charge is 0.476 e. The maximum absolute atomic E-state index is 11.8. The Kier molecular flexibility index (Phi) is 3.09. The molecule has 0 fully saturated rings. The van der Waals surface area contributed by atoms with Crippen LogP contribution < -0.4 is 0 Å². The number of ether oxygens (including phenoxy) is 2.